The fraction of sp³-hybridized carbons (Fsp3) is 0.200. The lowest BCUT2D eigenvalue weighted by Gasteiger charge is -2.00. The summed E-state index contributed by atoms with van der Waals surface area (Å²) in [6, 6.07) is 11.0. The van der Waals surface area contributed by atoms with E-state index >= 15 is 0 Å². The van der Waals surface area contributed by atoms with E-state index in [1.54, 1.807) is 12.1 Å². The zero-order chi connectivity index (χ0) is 9.68. The van der Waals surface area contributed by atoms with Crippen LogP contribution in [0.2, 0.25) is 0 Å². The molecule has 0 radical (unpaired) electrons. The fourth-order valence-corrected chi connectivity index (χ4v) is 1.15. The molecule has 3 heteroatoms. The lowest BCUT2D eigenvalue weighted by atomic mass is 10.1. The van der Waals surface area contributed by atoms with Crippen LogP contribution in [0.25, 0.3) is 0 Å². The summed E-state index contributed by atoms with van der Waals surface area (Å²) in [5, 5.41) is 16.5. The Morgan fingerprint density at radius 3 is 2.31 bits per heavy atom. The van der Waals surface area contributed by atoms with Gasteiger partial charge in [0.05, 0.1) is 17.7 Å². The van der Waals surface area contributed by atoms with Crippen LogP contribution in [0.3, 0.4) is 0 Å². The molecule has 0 saturated carbocycles. The summed E-state index contributed by atoms with van der Waals surface area (Å²) in [6.45, 7) is 0. The molecule has 64 valence electrons. The van der Waals surface area contributed by atoms with Gasteiger partial charge in [-0.1, -0.05) is 12.1 Å². The third-order valence-corrected chi connectivity index (χ3v) is 1.89. The highest BCUT2D eigenvalue weighted by Crippen LogP contribution is 2.08. The Kier molecular flexibility index (Phi) is 3.31. The minimum Gasteiger partial charge on any atom is -0.197 e. The molecular weight excluding hydrogens is 184 g/mol. The van der Waals surface area contributed by atoms with Crippen LogP contribution in [-0.2, 0) is 6.42 Å². The Balaban J connectivity index is 2.72. The van der Waals surface area contributed by atoms with Crippen LogP contribution in [0.4, 0.5) is 0 Å². The summed E-state index contributed by atoms with van der Waals surface area (Å²) in [7, 11) is 0. The Morgan fingerprint density at radius 1 is 1.23 bits per heavy atom. The van der Waals surface area contributed by atoms with Crippen LogP contribution in [0.5, 0.6) is 0 Å². The van der Waals surface area contributed by atoms with Crippen LogP contribution >= 0.6 is 11.6 Å². The molecule has 1 unspecified atom stereocenters. The van der Waals surface area contributed by atoms with Crippen molar-refractivity contribution in [3.63, 3.8) is 0 Å². The molecule has 0 spiro atoms. The molecule has 0 bridgehead atoms. The van der Waals surface area contributed by atoms with Crippen LogP contribution in [0.15, 0.2) is 24.3 Å². The van der Waals surface area contributed by atoms with Crippen molar-refractivity contribution in [1.82, 2.24) is 0 Å². The van der Waals surface area contributed by atoms with E-state index in [9.17, 15) is 0 Å². The van der Waals surface area contributed by atoms with Gasteiger partial charge in [0.15, 0.2) is 0 Å². The summed E-state index contributed by atoms with van der Waals surface area (Å²) >= 11 is 5.65. The number of halogens is 1. The monoisotopic (exact) mass is 190 g/mol. The average molecular weight is 191 g/mol. The minimum absolute atomic E-state index is 0.493. The molecule has 0 amide bonds. The van der Waals surface area contributed by atoms with Gasteiger partial charge < -0.3 is 0 Å². The first kappa shape index (κ1) is 9.58. The van der Waals surface area contributed by atoms with E-state index < -0.39 is 5.38 Å². The molecule has 0 heterocycles. The number of nitriles is 2. The Bertz CT molecular complexity index is 356. The summed E-state index contributed by atoms with van der Waals surface area (Å²) in [5.41, 5.74) is 1.59. The highest BCUT2D eigenvalue weighted by Gasteiger charge is 2.03. The van der Waals surface area contributed by atoms with Gasteiger partial charge in [-0.2, -0.15) is 10.5 Å². The second kappa shape index (κ2) is 4.50. The molecule has 1 atom stereocenters. The molecule has 1 aromatic carbocycles. The maximum atomic E-state index is 8.53. The molecule has 0 aromatic heterocycles. The zero-order valence-electron chi connectivity index (χ0n) is 6.87. The van der Waals surface area contributed by atoms with Crippen molar-refractivity contribution >= 4 is 11.6 Å². The van der Waals surface area contributed by atoms with Crippen molar-refractivity contribution in [1.29, 1.82) is 10.5 Å². The van der Waals surface area contributed by atoms with E-state index in [-0.39, 0.29) is 0 Å². The molecule has 0 fully saturated rings. The topological polar surface area (TPSA) is 47.6 Å². The fourth-order valence-electron chi connectivity index (χ4n) is 0.968. The molecule has 1 aromatic rings. The van der Waals surface area contributed by atoms with Gasteiger partial charge in [0.2, 0.25) is 0 Å². The van der Waals surface area contributed by atoms with E-state index in [4.69, 9.17) is 22.1 Å². The molecule has 0 aliphatic heterocycles. The van der Waals surface area contributed by atoms with E-state index in [1.807, 2.05) is 24.3 Å². The van der Waals surface area contributed by atoms with Gasteiger partial charge in [0.25, 0.3) is 0 Å². The summed E-state index contributed by atoms with van der Waals surface area (Å²) in [4.78, 5) is 0. The number of hydrogen-bond acceptors (Lipinski definition) is 2. The molecule has 2 nitrogen and oxygen atoms in total. The van der Waals surface area contributed by atoms with Crippen molar-refractivity contribution in [2.24, 2.45) is 0 Å². The first-order valence-electron chi connectivity index (χ1n) is 3.79. The van der Waals surface area contributed by atoms with Gasteiger partial charge in [0.1, 0.15) is 5.38 Å². The summed E-state index contributed by atoms with van der Waals surface area (Å²) in [5.74, 6) is 0. The highest BCUT2D eigenvalue weighted by molar-refractivity contribution is 6.22. The van der Waals surface area contributed by atoms with E-state index in [0.29, 0.717) is 12.0 Å². The van der Waals surface area contributed by atoms with Gasteiger partial charge in [-0.15, -0.1) is 11.6 Å². The Hall–Kier alpha value is -1.51. The SMILES string of the molecule is N#Cc1ccc(CC(Cl)C#N)cc1. The zero-order valence-corrected chi connectivity index (χ0v) is 7.62. The van der Waals surface area contributed by atoms with Crippen molar-refractivity contribution in [3.8, 4) is 12.1 Å². The number of benzene rings is 1. The number of rotatable bonds is 2. The first-order valence-corrected chi connectivity index (χ1v) is 4.22. The second-order valence-electron chi connectivity index (χ2n) is 2.61. The highest BCUT2D eigenvalue weighted by atomic mass is 35.5. The molecular formula is C10H7ClN2. The van der Waals surface area contributed by atoms with Crippen LogP contribution in [-0.4, -0.2) is 5.38 Å². The summed E-state index contributed by atoms with van der Waals surface area (Å²) < 4.78 is 0. The number of nitrogens with zero attached hydrogens (tertiary/aromatic N) is 2. The largest absolute Gasteiger partial charge is 0.197 e. The van der Waals surface area contributed by atoms with Gasteiger partial charge >= 0.3 is 0 Å². The molecule has 0 aliphatic rings. The van der Waals surface area contributed by atoms with Crippen molar-refractivity contribution in [2.45, 2.75) is 11.8 Å². The molecule has 0 N–H and O–H groups in total. The molecule has 0 saturated heterocycles. The normalized spacial score (nSPS) is 11.3. The van der Waals surface area contributed by atoms with Crippen LogP contribution < -0.4 is 0 Å². The standard InChI is InChI=1S/C10H7ClN2/c11-10(7-13)5-8-1-3-9(6-12)4-2-8/h1-4,10H,5H2. The van der Waals surface area contributed by atoms with Gasteiger partial charge in [0, 0.05) is 6.42 Å². The Labute approximate surface area is 82.0 Å². The van der Waals surface area contributed by atoms with Crippen LogP contribution in [0, 0.1) is 22.7 Å². The average Bonchev–Trinajstić information content (AvgIpc) is 2.19. The molecule has 0 aliphatic carbocycles. The lowest BCUT2D eigenvalue weighted by Crippen LogP contribution is -1.98. The van der Waals surface area contributed by atoms with Crippen molar-refractivity contribution in [2.75, 3.05) is 0 Å². The lowest BCUT2D eigenvalue weighted by molar-refractivity contribution is 1.02. The first-order chi connectivity index (χ1) is 6.26. The predicted octanol–water partition coefficient (Wildman–Crippen LogP) is 2.23. The molecule has 1 rings (SSSR count). The number of hydrogen-bond donors (Lipinski definition) is 0. The second-order valence-corrected chi connectivity index (χ2v) is 3.14. The maximum Gasteiger partial charge on any atom is 0.124 e. The third kappa shape index (κ3) is 2.78. The van der Waals surface area contributed by atoms with Crippen molar-refractivity contribution in [3.05, 3.63) is 35.4 Å². The predicted molar refractivity (Wildman–Crippen MR) is 50.1 cm³/mol. The van der Waals surface area contributed by atoms with Gasteiger partial charge in [-0.25, -0.2) is 0 Å². The minimum atomic E-state index is -0.493. The van der Waals surface area contributed by atoms with E-state index in [0.717, 1.165) is 5.56 Å². The van der Waals surface area contributed by atoms with Gasteiger partial charge in [-0.3, -0.25) is 0 Å². The number of alkyl halides is 1. The summed E-state index contributed by atoms with van der Waals surface area (Å²) in [6.07, 6.45) is 0.518. The van der Waals surface area contributed by atoms with E-state index in [2.05, 4.69) is 0 Å². The van der Waals surface area contributed by atoms with E-state index in [1.165, 1.54) is 0 Å². The third-order valence-electron chi connectivity index (χ3n) is 1.64. The smallest absolute Gasteiger partial charge is 0.124 e. The van der Waals surface area contributed by atoms with Gasteiger partial charge in [-0.05, 0) is 17.7 Å². The maximum absolute atomic E-state index is 8.53. The molecule has 13 heavy (non-hydrogen) atoms. The Morgan fingerprint density at radius 2 is 1.85 bits per heavy atom. The quantitative estimate of drug-likeness (QED) is 0.672. The van der Waals surface area contributed by atoms with Crippen LogP contribution in [0.1, 0.15) is 11.1 Å². The van der Waals surface area contributed by atoms with Crippen molar-refractivity contribution < 1.29 is 0 Å².